The molecule has 2 aromatic rings. The maximum Gasteiger partial charge on any atom is 0.277 e. The van der Waals surface area contributed by atoms with Gasteiger partial charge in [0.1, 0.15) is 17.9 Å². The number of aryl methyl sites for hydroxylation is 1. The minimum absolute atomic E-state index is 0.125. The number of rotatable bonds is 6. The molecule has 1 aliphatic heterocycles. The minimum atomic E-state index is -1.59. The summed E-state index contributed by atoms with van der Waals surface area (Å²) in [6, 6.07) is 13.0. The van der Waals surface area contributed by atoms with Gasteiger partial charge in [-0.2, -0.15) is 5.10 Å². The summed E-state index contributed by atoms with van der Waals surface area (Å²) in [5.41, 5.74) is 4.32. The van der Waals surface area contributed by atoms with Gasteiger partial charge in [0.15, 0.2) is 6.04 Å². The topological polar surface area (TPSA) is 127 Å². The molecule has 0 spiro atoms. The highest BCUT2D eigenvalue weighted by molar-refractivity contribution is 6.11. The van der Waals surface area contributed by atoms with Crippen LogP contribution in [0.5, 0.6) is 0 Å². The number of carbonyl (C=O) groups is 1. The van der Waals surface area contributed by atoms with E-state index in [1.807, 2.05) is 19.1 Å². The predicted octanol–water partition coefficient (Wildman–Crippen LogP) is -0.675. The highest BCUT2D eigenvalue weighted by Gasteiger charge is 2.34. The lowest BCUT2D eigenvalue weighted by atomic mass is 10.0. The molecule has 1 aliphatic rings. The molecule has 0 radical (unpaired) electrons. The maximum atomic E-state index is 12.4. The van der Waals surface area contributed by atoms with Gasteiger partial charge in [0, 0.05) is 0 Å². The molecule has 0 aliphatic carbocycles. The van der Waals surface area contributed by atoms with Crippen molar-refractivity contribution in [3.8, 4) is 0 Å². The van der Waals surface area contributed by atoms with Crippen LogP contribution < -0.4 is 16.1 Å². The van der Waals surface area contributed by atoms with Crippen LogP contribution in [0.1, 0.15) is 5.56 Å². The molecule has 8 nitrogen and oxygen atoms in total. The molecule has 3 unspecified atom stereocenters. The lowest BCUT2D eigenvalue weighted by Gasteiger charge is -2.22. The van der Waals surface area contributed by atoms with E-state index in [4.69, 9.17) is 5.11 Å². The fourth-order valence-corrected chi connectivity index (χ4v) is 2.58. The molecular weight excluding hydrogens is 348 g/mol. The van der Waals surface area contributed by atoms with Gasteiger partial charge in [-0.05, 0) is 31.2 Å². The molecule has 0 bridgehead atoms. The van der Waals surface area contributed by atoms with E-state index in [0.29, 0.717) is 16.4 Å². The van der Waals surface area contributed by atoms with E-state index in [0.717, 1.165) is 5.56 Å². The Morgan fingerprint density at radius 1 is 1.15 bits per heavy atom. The summed E-state index contributed by atoms with van der Waals surface area (Å²) >= 11 is 0. The van der Waals surface area contributed by atoms with Crippen molar-refractivity contribution in [3.05, 3.63) is 64.8 Å². The number of nitrogens with one attached hydrogen (secondary N) is 1. The smallest absolute Gasteiger partial charge is 0.277 e. The quantitative estimate of drug-likeness (QED) is 0.397. The van der Waals surface area contributed by atoms with Gasteiger partial charge in [0.2, 0.25) is 0 Å². The second kappa shape index (κ2) is 8.17. The van der Waals surface area contributed by atoms with E-state index in [-0.39, 0.29) is 5.71 Å². The number of fused-ring (bicyclic) bond motifs is 1. The number of hydrogen-bond acceptors (Lipinski definition) is 7. The first-order chi connectivity index (χ1) is 13.0. The van der Waals surface area contributed by atoms with Crippen molar-refractivity contribution in [3.63, 3.8) is 0 Å². The Morgan fingerprint density at radius 2 is 1.81 bits per heavy atom. The Labute approximate surface area is 155 Å². The highest BCUT2D eigenvalue weighted by atomic mass is 16.4. The third-order valence-electron chi connectivity index (χ3n) is 4.11. The van der Waals surface area contributed by atoms with Gasteiger partial charge < -0.3 is 15.3 Å². The standard InChI is InChI=1S/C19H20N4O4/c1-11-6-8-12(9-7-11)22-23-16(18(26)15(25)10-24)17-19(27)21-14-5-3-2-4-13(14)20-17/h2-9,15,17-18,22,24-26H,10H2,1H3/b23-16+. The van der Waals surface area contributed by atoms with Gasteiger partial charge in [0.25, 0.3) is 5.91 Å². The third kappa shape index (κ3) is 4.25. The van der Waals surface area contributed by atoms with Crippen molar-refractivity contribution < 1.29 is 20.1 Å². The number of aliphatic hydroxyl groups is 3. The van der Waals surface area contributed by atoms with Crippen molar-refractivity contribution in [1.29, 1.82) is 0 Å². The van der Waals surface area contributed by atoms with Crippen LogP contribution in [0.15, 0.2) is 63.6 Å². The zero-order chi connectivity index (χ0) is 19.4. The number of amides is 1. The number of nitrogens with zero attached hydrogens (tertiary/aromatic N) is 3. The molecule has 0 saturated heterocycles. The average Bonchev–Trinajstić information content (AvgIpc) is 2.68. The Kier molecular flexibility index (Phi) is 5.70. The third-order valence-corrected chi connectivity index (χ3v) is 4.11. The van der Waals surface area contributed by atoms with Crippen LogP contribution in [0, 0.1) is 6.92 Å². The first-order valence-electron chi connectivity index (χ1n) is 8.42. The van der Waals surface area contributed by atoms with Crippen molar-refractivity contribution in [2.45, 2.75) is 25.2 Å². The molecule has 0 saturated carbocycles. The van der Waals surface area contributed by atoms with E-state index in [9.17, 15) is 15.0 Å². The minimum Gasteiger partial charge on any atom is -0.394 e. The molecule has 1 amide bonds. The number of hydrogen-bond donors (Lipinski definition) is 4. The maximum absolute atomic E-state index is 12.4. The lowest BCUT2D eigenvalue weighted by Crippen LogP contribution is -2.48. The Balaban J connectivity index is 1.99. The normalized spacial score (nSPS) is 18.7. The van der Waals surface area contributed by atoms with Crippen molar-refractivity contribution in [2.75, 3.05) is 12.0 Å². The summed E-state index contributed by atoms with van der Waals surface area (Å²) in [5.74, 6) is -0.609. The van der Waals surface area contributed by atoms with Crippen LogP contribution in [-0.2, 0) is 4.79 Å². The second-order valence-corrected chi connectivity index (χ2v) is 6.18. The lowest BCUT2D eigenvalue weighted by molar-refractivity contribution is -0.118. The van der Waals surface area contributed by atoms with Gasteiger partial charge in [-0.25, -0.2) is 4.99 Å². The molecule has 2 aromatic carbocycles. The monoisotopic (exact) mass is 368 g/mol. The molecule has 3 atom stereocenters. The van der Waals surface area contributed by atoms with E-state index in [1.165, 1.54) is 0 Å². The van der Waals surface area contributed by atoms with E-state index in [1.54, 1.807) is 36.4 Å². The molecule has 0 aromatic heterocycles. The van der Waals surface area contributed by atoms with Gasteiger partial charge in [-0.1, -0.05) is 29.8 Å². The number of carbonyl (C=O) groups excluding carboxylic acids is 1. The first kappa shape index (κ1) is 18.8. The molecule has 140 valence electrons. The zero-order valence-corrected chi connectivity index (χ0v) is 14.6. The van der Waals surface area contributed by atoms with E-state index in [2.05, 4.69) is 20.5 Å². The summed E-state index contributed by atoms with van der Waals surface area (Å²) in [6.07, 6.45) is -3.10. The SMILES string of the molecule is Cc1ccc(N/N=C(\C2N=c3ccccc3=NC2=O)C(O)C(O)CO)cc1. The largest absolute Gasteiger partial charge is 0.394 e. The molecule has 8 heteroatoms. The van der Waals surface area contributed by atoms with Gasteiger partial charge in [-0.15, -0.1) is 0 Å². The number of benzene rings is 2. The van der Waals surface area contributed by atoms with Gasteiger partial charge in [-0.3, -0.25) is 15.2 Å². The first-order valence-corrected chi connectivity index (χ1v) is 8.42. The van der Waals surface area contributed by atoms with Crippen LogP contribution in [0.25, 0.3) is 0 Å². The highest BCUT2D eigenvalue weighted by Crippen LogP contribution is 2.12. The Morgan fingerprint density at radius 3 is 2.48 bits per heavy atom. The van der Waals surface area contributed by atoms with Crippen LogP contribution in [0.2, 0.25) is 0 Å². The molecular formula is C19H20N4O4. The number of hydrazone groups is 1. The van der Waals surface area contributed by atoms with Crippen molar-refractivity contribution in [1.82, 2.24) is 0 Å². The zero-order valence-electron chi connectivity index (χ0n) is 14.6. The summed E-state index contributed by atoms with van der Waals surface area (Å²) in [4.78, 5) is 20.8. The van der Waals surface area contributed by atoms with Gasteiger partial charge in [0.05, 0.1) is 23.0 Å². The predicted molar refractivity (Wildman–Crippen MR) is 98.9 cm³/mol. The van der Waals surface area contributed by atoms with Crippen LogP contribution in [0.4, 0.5) is 5.69 Å². The fraction of sp³-hybridized carbons (Fsp3) is 0.263. The molecule has 3 rings (SSSR count). The second-order valence-electron chi connectivity index (χ2n) is 6.18. The average molecular weight is 368 g/mol. The number of anilines is 1. The van der Waals surface area contributed by atoms with Crippen LogP contribution in [0.3, 0.4) is 0 Å². The van der Waals surface area contributed by atoms with Crippen molar-refractivity contribution >= 4 is 17.3 Å². The summed E-state index contributed by atoms with van der Waals surface area (Å²) < 4.78 is 0. The fourth-order valence-electron chi connectivity index (χ4n) is 2.58. The molecule has 4 N–H and O–H groups in total. The van der Waals surface area contributed by atoms with Crippen molar-refractivity contribution in [2.24, 2.45) is 15.1 Å². The molecule has 1 heterocycles. The van der Waals surface area contributed by atoms with E-state index < -0.39 is 30.8 Å². The van der Waals surface area contributed by atoms with Crippen LogP contribution in [-0.4, -0.2) is 51.8 Å². The van der Waals surface area contributed by atoms with E-state index >= 15 is 0 Å². The molecule has 27 heavy (non-hydrogen) atoms. The molecule has 0 fully saturated rings. The number of para-hydroxylation sites is 2. The Bertz CT molecular complexity index is 972. The summed E-state index contributed by atoms with van der Waals surface area (Å²) in [6.45, 7) is 1.25. The van der Waals surface area contributed by atoms with Gasteiger partial charge >= 0.3 is 0 Å². The van der Waals surface area contributed by atoms with Crippen LogP contribution >= 0.6 is 0 Å². The Hall–Kier alpha value is -2.94. The summed E-state index contributed by atoms with van der Waals surface area (Å²) in [7, 11) is 0. The summed E-state index contributed by atoms with van der Waals surface area (Å²) in [5, 5.41) is 34.4. The number of aliphatic hydroxyl groups excluding tert-OH is 3.